The maximum absolute atomic E-state index is 13.2. The molecule has 0 bridgehead atoms. The van der Waals surface area contributed by atoms with Crippen LogP contribution in [0.15, 0.2) is 25.4 Å². The Bertz CT molecular complexity index is 1420. The fraction of sp³-hybridized carbons (Fsp3) is 0.839. The topological polar surface area (TPSA) is 116 Å². The van der Waals surface area contributed by atoms with Crippen molar-refractivity contribution in [2.24, 2.45) is 0 Å². The Morgan fingerprint density at radius 1 is 0.256 bits per heavy atom. The molecule has 2 aliphatic heterocycles. The highest BCUT2D eigenvalue weighted by Crippen LogP contribution is 2.66. The van der Waals surface area contributed by atoms with Crippen LogP contribution in [0.3, 0.4) is 0 Å². The van der Waals surface area contributed by atoms with E-state index in [1.165, 1.54) is 205 Å². The van der Waals surface area contributed by atoms with Gasteiger partial charge in [0.05, 0.1) is 48.4 Å². The van der Waals surface area contributed by atoms with Crippen LogP contribution in [-0.2, 0) is 19.2 Å². The molecule has 0 aromatic carbocycles. The minimum atomic E-state index is 0.0512. The molecule has 0 aromatic heterocycles. The van der Waals surface area contributed by atoms with E-state index in [0.29, 0.717) is 49.2 Å². The molecule has 0 saturated heterocycles. The molecule has 8 nitrogen and oxygen atoms in total. The van der Waals surface area contributed by atoms with Crippen molar-refractivity contribution in [2.45, 2.75) is 285 Å². The van der Waals surface area contributed by atoms with E-state index in [1.54, 1.807) is 94.1 Å². The van der Waals surface area contributed by atoms with Gasteiger partial charge in [0.15, 0.2) is 0 Å². The van der Waals surface area contributed by atoms with Crippen molar-refractivity contribution >= 4 is 118 Å². The van der Waals surface area contributed by atoms with Crippen LogP contribution in [0.25, 0.3) is 0 Å². The summed E-state index contributed by atoms with van der Waals surface area (Å²) in [4.78, 5) is 52.8. The summed E-state index contributed by atoms with van der Waals surface area (Å²) in [5.41, 5.74) is 0. The zero-order valence-corrected chi connectivity index (χ0v) is 56.4. The SMILES string of the molecule is CCCCCCCCCCCCNC(=O)CSC1=C(SCC(=O)NCCCCCCCCCCCC)SC(=C2SC(SCC(=O)NCCCCCCCCCCCC)=C(SCC(=O)NCCCCCCCCCCCC)S2)S1. The molecule has 2 aliphatic rings. The standard InChI is InChI=1S/C62H112N4O4S8/c1-5-9-13-17-21-25-29-33-37-41-45-63-53(67)49-71-57-58(72-50-54(68)64-46-42-38-34-30-26-22-18-14-10-6-2)76-61(75-57)62-77-59(73-51-55(69)65-47-43-39-35-31-27-23-19-15-11-7-3)60(78-62)74-52-56(70)66-48-44-40-36-32-28-24-20-16-12-8-4/h5-52H2,1-4H3,(H,63,67)(H,64,68)(H,65,69)(H,66,70). The van der Waals surface area contributed by atoms with Gasteiger partial charge in [-0.15, -0.1) is 47.0 Å². The quantitative estimate of drug-likeness (QED) is 0.0435. The summed E-state index contributed by atoms with van der Waals surface area (Å²) in [6.45, 7) is 11.9. The first-order chi connectivity index (χ1) is 38.3. The molecular weight excluding hydrogens is 1120 g/mol. The highest BCUT2D eigenvalue weighted by Gasteiger charge is 2.32. The summed E-state index contributed by atoms with van der Waals surface area (Å²) in [6.07, 6.45) is 50.7. The predicted octanol–water partition coefficient (Wildman–Crippen LogP) is 20.4. The summed E-state index contributed by atoms with van der Waals surface area (Å²) in [6, 6.07) is 0. The van der Waals surface area contributed by atoms with Gasteiger partial charge in [-0.2, -0.15) is 0 Å². The maximum atomic E-state index is 13.2. The normalized spacial score (nSPS) is 13.6. The van der Waals surface area contributed by atoms with Crippen molar-refractivity contribution in [3.05, 3.63) is 25.4 Å². The molecule has 16 heteroatoms. The van der Waals surface area contributed by atoms with E-state index >= 15 is 0 Å². The van der Waals surface area contributed by atoms with Crippen molar-refractivity contribution in [3.63, 3.8) is 0 Å². The van der Waals surface area contributed by atoms with Crippen molar-refractivity contribution in [1.82, 2.24) is 21.3 Å². The van der Waals surface area contributed by atoms with Crippen LogP contribution >= 0.6 is 94.1 Å². The lowest BCUT2D eigenvalue weighted by molar-refractivity contribution is -0.119. The fourth-order valence-electron chi connectivity index (χ4n) is 9.15. The smallest absolute Gasteiger partial charge is 0.230 e. The van der Waals surface area contributed by atoms with Gasteiger partial charge in [0.1, 0.15) is 0 Å². The van der Waals surface area contributed by atoms with Crippen molar-refractivity contribution < 1.29 is 19.2 Å². The minimum absolute atomic E-state index is 0.0512. The summed E-state index contributed by atoms with van der Waals surface area (Å²) >= 11 is 13.1. The molecule has 0 aromatic rings. The third-order valence-electron chi connectivity index (χ3n) is 14.0. The van der Waals surface area contributed by atoms with Crippen LogP contribution in [0.4, 0.5) is 0 Å². The molecule has 4 amide bonds. The molecule has 0 radical (unpaired) electrons. The lowest BCUT2D eigenvalue weighted by Crippen LogP contribution is -2.26. The highest BCUT2D eigenvalue weighted by molar-refractivity contribution is 8.45. The Labute approximate surface area is 513 Å². The van der Waals surface area contributed by atoms with Crippen LogP contribution < -0.4 is 21.3 Å². The Morgan fingerprint density at radius 2 is 0.410 bits per heavy atom. The average molecular weight is 1230 g/mol. The molecule has 0 aliphatic carbocycles. The summed E-state index contributed by atoms with van der Waals surface area (Å²) in [5, 5.41) is 12.7. The third kappa shape index (κ3) is 42.7. The molecule has 4 N–H and O–H groups in total. The van der Waals surface area contributed by atoms with Crippen LogP contribution in [0, 0.1) is 0 Å². The van der Waals surface area contributed by atoms with Gasteiger partial charge in [-0.1, -0.05) is 306 Å². The molecule has 452 valence electrons. The van der Waals surface area contributed by atoms with Gasteiger partial charge >= 0.3 is 0 Å². The Balaban J connectivity index is 2.02. The summed E-state index contributed by atoms with van der Waals surface area (Å²) < 4.78 is 6.54. The average Bonchev–Trinajstić information content (AvgIpc) is 4.08. The monoisotopic (exact) mass is 1230 g/mol. The minimum Gasteiger partial charge on any atom is -0.355 e. The number of amides is 4. The fourth-order valence-corrected chi connectivity index (χ4v) is 20.5. The second-order valence-corrected chi connectivity index (χ2v) is 31.0. The van der Waals surface area contributed by atoms with Gasteiger partial charge in [-0.25, -0.2) is 0 Å². The number of carbonyl (C=O) groups excluding carboxylic acids is 4. The summed E-state index contributed by atoms with van der Waals surface area (Å²) in [5.74, 6) is 1.54. The number of hydrogen-bond donors (Lipinski definition) is 4. The largest absolute Gasteiger partial charge is 0.355 e. The van der Waals surface area contributed by atoms with Gasteiger partial charge in [0, 0.05) is 26.2 Å². The molecular formula is C62H112N4O4S8. The van der Waals surface area contributed by atoms with Gasteiger partial charge in [0.25, 0.3) is 0 Å². The first-order valence-corrected chi connectivity index (χ1v) is 39.0. The molecule has 0 spiro atoms. The second kappa shape index (κ2) is 54.8. The molecule has 0 unspecified atom stereocenters. The number of thioether (sulfide) groups is 8. The molecule has 78 heavy (non-hydrogen) atoms. The van der Waals surface area contributed by atoms with Crippen LogP contribution in [0.5, 0.6) is 0 Å². The van der Waals surface area contributed by atoms with Crippen LogP contribution in [0.1, 0.15) is 285 Å². The van der Waals surface area contributed by atoms with Crippen molar-refractivity contribution in [3.8, 4) is 0 Å². The Morgan fingerprint density at radius 3 is 0.577 bits per heavy atom. The second-order valence-electron chi connectivity index (χ2n) is 21.4. The van der Waals surface area contributed by atoms with E-state index in [-0.39, 0.29) is 23.6 Å². The molecule has 0 fully saturated rings. The maximum Gasteiger partial charge on any atom is 0.230 e. The zero-order chi connectivity index (χ0) is 56.2. The van der Waals surface area contributed by atoms with E-state index in [1.807, 2.05) is 0 Å². The lowest BCUT2D eigenvalue weighted by Gasteiger charge is -2.08. The van der Waals surface area contributed by atoms with E-state index in [4.69, 9.17) is 0 Å². The predicted molar refractivity (Wildman–Crippen MR) is 361 cm³/mol. The number of rotatable bonds is 56. The van der Waals surface area contributed by atoms with Crippen LogP contribution in [0.2, 0.25) is 0 Å². The van der Waals surface area contributed by atoms with Gasteiger partial charge in [-0.05, 0) is 25.7 Å². The molecule has 0 atom stereocenters. The van der Waals surface area contributed by atoms with Crippen molar-refractivity contribution in [2.75, 3.05) is 49.2 Å². The number of carbonyl (C=O) groups is 4. The highest BCUT2D eigenvalue weighted by atomic mass is 32.3. The molecule has 0 saturated carbocycles. The van der Waals surface area contributed by atoms with E-state index < -0.39 is 0 Å². The third-order valence-corrected chi connectivity index (χ3v) is 25.6. The van der Waals surface area contributed by atoms with Crippen LogP contribution in [-0.4, -0.2) is 72.8 Å². The molecule has 2 rings (SSSR count). The first-order valence-electron chi connectivity index (χ1n) is 31.8. The number of hydrogen-bond acceptors (Lipinski definition) is 12. The number of nitrogens with one attached hydrogen (secondary N) is 4. The molecule has 2 heterocycles. The van der Waals surface area contributed by atoms with E-state index in [0.717, 1.165) is 76.8 Å². The van der Waals surface area contributed by atoms with Gasteiger partial charge in [0.2, 0.25) is 23.6 Å². The van der Waals surface area contributed by atoms with Gasteiger partial charge in [-0.3, -0.25) is 19.2 Å². The van der Waals surface area contributed by atoms with E-state index in [9.17, 15) is 19.2 Å². The Kier molecular flexibility index (Phi) is 52.0. The lowest BCUT2D eigenvalue weighted by atomic mass is 10.1. The number of unbranched alkanes of at least 4 members (excludes halogenated alkanes) is 36. The zero-order valence-electron chi connectivity index (χ0n) is 49.8. The Hall–Kier alpha value is -0.100. The first kappa shape index (κ1) is 74.0. The van der Waals surface area contributed by atoms with Crippen molar-refractivity contribution in [1.29, 1.82) is 0 Å². The summed E-state index contributed by atoms with van der Waals surface area (Å²) in [7, 11) is 0. The van der Waals surface area contributed by atoms with E-state index in [2.05, 4.69) is 49.0 Å². The van der Waals surface area contributed by atoms with Gasteiger partial charge < -0.3 is 21.3 Å².